The van der Waals surface area contributed by atoms with Crippen LogP contribution in [0.3, 0.4) is 0 Å². The third-order valence-corrected chi connectivity index (χ3v) is 5.40. The molecule has 5 nitrogen and oxygen atoms in total. The molecule has 0 fully saturated rings. The summed E-state index contributed by atoms with van der Waals surface area (Å²) >= 11 is 3.25. The van der Waals surface area contributed by atoms with Gasteiger partial charge in [0.25, 0.3) is 5.91 Å². The van der Waals surface area contributed by atoms with E-state index in [0.29, 0.717) is 13.1 Å². The van der Waals surface area contributed by atoms with Gasteiger partial charge in [0, 0.05) is 38.1 Å². The number of hydrogen-bond donors (Lipinski definition) is 2. The Labute approximate surface area is 157 Å². The molecule has 2 N–H and O–H groups in total. The number of carbonyl (C=O) groups is 1. The largest absolute Gasteiger partial charge is 0.357 e. The lowest BCUT2D eigenvalue weighted by Gasteiger charge is -2.21. The molecule has 2 rings (SSSR count). The normalized spacial score (nSPS) is 11.4. The molecule has 0 aliphatic heterocycles. The van der Waals surface area contributed by atoms with E-state index in [1.165, 1.54) is 16.2 Å². The molecule has 0 atom stereocenters. The lowest BCUT2D eigenvalue weighted by Crippen LogP contribution is -2.40. The molecule has 1 amide bonds. The number of likely N-dealkylation sites (N-methyl/N-ethyl adjacent to an activating group) is 1. The quantitative estimate of drug-likeness (QED) is 0.401. The zero-order valence-corrected chi connectivity index (χ0v) is 16.5. The van der Waals surface area contributed by atoms with Gasteiger partial charge in [0.05, 0.1) is 4.88 Å². The molecule has 7 heteroatoms. The van der Waals surface area contributed by atoms with Crippen LogP contribution >= 0.6 is 22.7 Å². The average molecular weight is 379 g/mol. The van der Waals surface area contributed by atoms with Crippen molar-refractivity contribution in [3.05, 3.63) is 44.8 Å². The standard InChI is InChI=1S/C18H26N4OS2/c1-3-19-18(22(2)12-9-15-7-4-13-24-15)21-11-6-10-20-17(23)16-8-5-14-25-16/h4-5,7-8,13-14H,3,6,9-12H2,1-2H3,(H,19,21)(H,20,23). The molecule has 0 saturated heterocycles. The maximum absolute atomic E-state index is 11.9. The Hall–Kier alpha value is -1.86. The molecule has 136 valence electrons. The van der Waals surface area contributed by atoms with E-state index in [4.69, 9.17) is 0 Å². The van der Waals surface area contributed by atoms with Gasteiger partial charge in [-0.1, -0.05) is 12.1 Å². The first-order valence-corrected chi connectivity index (χ1v) is 10.3. The number of nitrogens with zero attached hydrogens (tertiary/aromatic N) is 2. The monoisotopic (exact) mass is 378 g/mol. The smallest absolute Gasteiger partial charge is 0.261 e. The second kappa shape index (κ2) is 10.9. The number of guanidine groups is 1. The molecule has 0 aliphatic rings. The van der Waals surface area contributed by atoms with Crippen molar-refractivity contribution in [3.8, 4) is 0 Å². The van der Waals surface area contributed by atoms with Gasteiger partial charge in [-0.05, 0) is 42.7 Å². The molecule has 0 saturated carbocycles. The van der Waals surface area contributed by atoms with E-state index < -0.39 is 0 Å². The Balaban J connectivity index is 1.71. The fraction of sp³-hybridized carbons (Fsp3) is 0.444. The van der Waals surface area contributed by atoms with Crippen LogP contribution in [0.1, 0.15) is 27.9 Å². The molecule has 25 heavy (non-hydrogen) atoms. The van der Waals surface area contributed by atoms with Crippen LogP contribution < -0.4 is 10.6 Å². The summed E-state index contributed by atoms with van der Waals surface area (Å²) in [6.07, 6.45) is 1.85. The first-order valence-electron chi connectivity index (χ1n) is 8.54. The van der Waals surface area contributed by atoms with E-state index in [2.05, 4.69) is 52.0 Å². The van der Waals surface area contributed by atoms with E-state index in [1.54, 1.807) is 11.3 Å². The number of nitrogens with one attached hydrogen (secondary N) is 2. The Morgan fingerprint density at radius 2 is 2.00 bits per heavy atom. The van der Waals surface area contributed by atoms with Crippen LogP contribution in [-0.2, 0) is 6.42 Å². The number of hydrogen-bond acceptors (Lipinski definition) is 4. The van der Waals surface area contributed by atoms with Crippen molar-refractivity contribution in [2.24, 2.45) is 4.99 Å². The average Bonchev–Trinajstić information content (AvgIpc) is 3.31. The summed E-state index contributed by atoms with van der Waals surface area (Å²) in [5.74, 6) is 0.919. The second-order valence-electron chi connectivity index (χ2n) is 5.57. The molecule has 2 aromatic rings. The highest BCUT2D eigenvalue weighted by Crippen LogP contribution is 2.09. The number of amides is 1. The lowest BCUT2D eigenvalue weighted by atomic mass is 10.3. The molecular weight excluding hydrogens is 352 g/mol. The van der Waals surface area contributed by atoms with Gasteiger partial charge in [-0.2, -0.15) is 0 Å². The minimum Gasteiger partial charge on any atom is -0.357 e. The summed E-state index contributed by atoms with van der Waals surface area (Å²) in [7, 11) is 2.06. The summed E-state index contributed by atoms with van der Waals surface area (Å²) < 4.78 is 0. The number of aliphatic imine (C=N–C) groups is 1. The zero-order valence-electron chi connectivity index (χ0n) is 14.8. The topological polar surface area (TPSA) is 56.7 Å². The predicted molar refractivity (Wildman–Crippen MR) is 108 cm³/mol. The highest BCUT2D eigenvalue weighted by atomic mass is 32.1. The Bertz CT molecular complexity index is 638. The highest BCUT2D eigenvalue weighted by Gasteiger charge is 2.07. The number of carbonyl (C=O) groups excluding carboxylic acids is 1. The van der Waals surface area contributed by atoms with Crippen LogP contribution in [0.15, 0.2) is 40.0 Å². The molecule has 2 heterocycles. The van der Waals surface area contributed by atoms with Crippen LogP contribution in [0.2, 0.25) is 0 Å². The summed E-state index contributed by atoms with van der Waals surface area (Å²) in [4.78, 5) is 20.8. The van der Waals surface area contributed by atoms with E-state index >= 15 is 0 Å². The SMILES string of the molecule is CCNC(=NCCCNC(=O)c1cccs1)N(C)CCc1cccs1. The maximum atomic E-state index is 11.9. The highest BCUT2D eigenvalue weighted by molar-refractivity contribution is 7.12. The lowest BCUT2D eigenvalue weighted by molar-refractivity contribution is 0.0957. The molecule has 0 aliphatic carbocycles. The molecule has 0 aromatic carbocycles. The van der Waals surface area contributed by atoms with Gasteiger partial charge in [0.2, 0.25) is 0 Å². The van der Waals surface area contributed by atoms with Crippen molar-refractivity contribution in [2.45, 2.75) is 19.8 Å². The Morgan fingerprint density at radius 3 is 2.68 bits per heavy atom. The zero-order chi connectivity index (χ0) is 17.9. The first kappa shape index (κ1) is 19.5. The molecule has 2 aromatic heterocycles. The fourth-order valence-corrected chi connectivity index (χ4v) is 3.61. The molecular formula is C18H26N4OS2. The van der Waals surface area contributed by atoms with Crippen LogP contribution in [0.25, 0.3) is 0 Å². The molecule has 0 unspecified atom stereocenters. The first-order chi connectivity index (χ1) is 12.2. The number of rotatable bonds is 9. The van der Waals surface area contributed by atoms with Crippen molar-refractivity contribution in [2.75, 3.05) is 33.2 Å². The van der Waals surface area contributed by atoms with Gasteiger partial charge in [-0.3, -0.25) is 9.79 Å². The number of thiophene rings is 2. The van der Waals surface area contributed by atoms with Gasteiger partial charge in [-0.15, -0.1) is 22.7 Å². The summed E-state index contributed by atoms with van der Waals surface area (Å²) in [5.41, 5.74) is 0. The fourth-order valence-electron chi connectivity index (χ4n) is 2.27. The third kappa shape index (κ3) is 6.88. The minimum absolute atomic E-state index is 0.000970. The van der Waals surface area contributed by atoms with Crippen LogP contribution in [-0.4, -0.2) is 50.0 Å². The summed E-state index contributed by atoms with van der Waals surface area (Å²) in [5, 5.41) is 10.3. The van der Waals surface area contributed by atoms with Crippen molar-refractivity contribution in [1.29, 1.82) is 0 Å². The maximum Gasteiger partial charge on any atom is 0.261 e. The molecule has 0 radical (unpaired) electrons. The van der Waals surface area contributed by atoms with Gasteiger partial charge in [-0.25, -0.2) is 0 Å². The van der Waals surface area contributed by atoms with E-state index in [-0.39, 0.29) is 5.91 Å². The molecule has 0 bridgehead atoms. The van der Waals surface area contributed by atoms with Crippen LogP contribution in [0.4, 0.5) is 0 Å². The van der Waals surface area contributed by atoms with Crippen molar-refractivity contribution in [3.63, 3.8) is 0 Å². The van der Waals surface area contributed by atoms with Gasteiger partial charge in [0.1, 0.15) is 0 Å². The van der Waals surface area contributed by atoms with E-state index in [1.807, 2.05) is 17.5 Å². The van der Waals surface area contributed by atoms with Gasteiger partial charge < -0.3 is 15.5 Å². The summed E-state index contributed by atoms with van der Waals surface area (Å²) in [6.45, 7) is 5.18. The van der Waals surface area contributed by atoms with Crippen LogP contribution in [0, 0.1) is 0 Å². The predicted octanol–water partition coefficient (Wildman–Crippen LogP) is 3.07. The Kier molecular flexibility index (Phi) is 8.48. The van der Waals surface area contributed by atoms with Gasteiger partial charge >= 0.3 is 0 Å². The van der Waals surface area contributed by atoms with Crippen molar-refractivity contribution >= 4 is 34.5 Å². The second-order valence-corrected chi connectivity index (χ2v) is 7.55. The van der Waals surface area contributed by atoms with E-state index in [9.17, 15) is 4.79 Å². The van der Waals surface area contributed by atoms with Crippen molar-refractivity contribution in [1.82, 2.24) is 15.5 Å². The van der Waals surface area contributed by atoms with Gasteiger partial charge in [0.15, 0.2) is 5.96 Å². The van der Waals surface area contributed by atoms with E-state index in [0.717, 1.165) is 36.8 Å². The Morgan fingerprint density at radius 1 is 1.20 bits per heavy atom. The van der Waals surface area contributed by atoms with Crippen LogP contribution in [0.5, 0.6) is 0 Å². The third-order valence-electron chi connectivity index (χ3n) is 3.60. The summed E-state index contributed by atoms with van der Waals surface area (Å²) in [6, 6.07) is 7.98. The minimum atomic E-state index is -0.000970. The molecule has 0 spiro atoms. The van der Waals surface area contributed by atoms with Crippen molar-refractivity contribution < 1.29 is 4.79 Å².